The smallest absolute Gasteiger partial charge is 0.250 e. The summed E-state index contributed by atoms with van der Waals surface area (Å²) in [6.45, 7) is 2.07. The highest BCUT2D eigenvalue weighted by Crippen LogP contribution is 2.30. The van der Waals surface area contributed by atoms with E-state index in [1.807, 2.05) is 18.2 Å². The number of carbonyl (C=O) groups excluding carboxylic acids is 1. The summed E-state index contributed by atoms with van der Waals surface area (Å²) in [6, 6.07) is 15.7. The van der Waals surface area contributed by atoms with Crippen LogP contribution in [0.15, 0.2) is 62.3 Å². The lowest BCUT2D eigenvalue weighted by molar-refractivity contribution is -0.118. The number of aromatic nitrogens is 2. The molecule has 0 aliphatic heterocycles. The zero-order chi connectivity index (χ0) is 19.8. The highest BCUT2D eigenvalue weighted by atomic mass is 35.5. The van der Waals surface area contributed by atoms with E-state index in [1.165, 1.54) is 40.4 Å². The molecule has 3 aromatic rings. The van der Waals surface area contributed by atoms with Crippen LogP contribution in [0.5, 0.6) is 0 Å². The Hall–Kier alpha value is -1.87. The Morgan fingerprint density at radius 3 is 2.61 bits per heavy atom. The van der Waals surface area contributed by atoms with Gasteiger partial charge in [0, 0.05) is 16.3 Å². The van der Waals surface area contributed by atoms with E-state index in [2.05, 4.69) is 51.9 Å². The molecule has 0 unspecified atom stereocenters. The molecule has 1 N–H and O–H groups in total. The molecule has 1 heterocycles. The number of nitrogens with zero attached hydrogens (tertiary/aromatic N) is 3. The van der Waals surface area contributed by atoms with Crippen LogP contribution in [0.4, 0.5) is 0 Å². The van der Waals surface area contributed by atoms with Gasteiger partial charge in [0.15, 0.2) is 8.68 Å². The van der Waals surface area contributed by atoms with Crippen molar-refractivity contribution in [1.29, 1.82) is 0 Å². The van der Waals surface area contributed by atoms with Gasteiger partial charge in [0.1, 0.15) is 0 Å². The number of halogens is 1. The van der Waals surface area contributed by atoms with E-state index in [0.29, 0.717) is 5.02 Å². The number of carbonyl (C=O) groups is 1. The molecule has 0 bridgehead atoms. The minimum absolute atomic E-state index is 0.211. The first-order valence-electron chi connectivity index (χ1n) is 8.31. The van der Waals surface area contributed by atoms with Crippen molar-refractivity contribution in [2.24, 2.45) is 5.10 Å². The summed E-state index contributed by atoms with van der Waals surface area (Å²) in [5.74, 6) is 0.853. The van der Waals surface area contributed by atoms with E-state index < -0.39 is 0 Å². The van der Waals surface area contributed by atoms with Gasteiger partial charge in [-0.1, -0.05) is 94.5 Å². The monoisotopic (exact) mass is 448 g/mol. The second kappa shape index (κ2) is 10.6. The number of amides is 1. The molecule has 0 spiro atoms. The van der Waals surface area contributed by atoms with E-state index >= 15 is 0 Å². The highest BCUT2D eigenvalue weighted by Gasteiger charge is 2.08. The standard InChI is InChI=1S/C19H17ClN4OS3/c1-13-6-8-14(9-7-13)11-26-18-23-24-19(28-18)27-12-17(25)22-21-10-15-4-2-3-5-16(15)20/h2-10H,11-12H2,1H3,(H,22,25)/b21-10+. The van der Waals surface area contributed by atoms with Gasteiger partial charge < -0.3 is 0 Å². The summed E-state index contributed by atoms with van der Waals surface area (Å²) in [7, 11) is 0. The molecule has 5 nitrogen and oxygen atoms in total. The van der Waals surface area contributed by atoms with E-state index in [0.717, 1.165) is 20.0 Å². The van der Waals surface area contributed by atoms with Gasteiger partial charge in [-0.25, -0.2) is 5.43 Å². The first-order valence-corrected chi connectivity index (χ1v) is 11.5. The van der Waals surface area contributed by atoms with Gasteiger partial charge >= 0.3 is 0 Å². The fraction of sp³-hybridized carbons (Fsp3) is 0.158. The molecule has 0 atom stereocenters. The van der Waals surface area contributed by atoms with Crippen LogP contribution in [0.2, 0.25) is 5.02 Å². The summed E-state index contributed by atoms with van der Waals surface area (Å²) < 4.78 is 1.65. The second-order valence-corrected chi connectivity index (χ2v) is 9.54. The lowest BCUT2D eigenvalue weighted by atomic mass is 10.2. The van der Waals surface area contributed by atoms with Gasteiger partial charge in [0.05, 0.1) is 12.0 Å². The van der Waals surface area contributed by atoms with Crippen molar-refractivity contribution in [3.8, 4) is 0 Å². The van der Waals surface area contributed by atoms with E-state index in [1.54, 1.807) is 17.8 Å². The summed E-state index contributed by atoms with van der Waals surface area (Å²) >= 11 is 10.5. The molecule has 9 heteroatoms. The minimum atomic E-state index is -0.211. The molecular formula is C19H17ClN4OS3. The number of aryl methyl sites for hydroxylation is 1. The van der Waals surface area contributed by atoms with E-state index in [4.69, 9.17) is 11.6 Å². The minimum Gasteiger partial charge on any atom is -0.272 e. The summed E-state index contributed by atoms with van der Waals surface area (Å²) in [4.78, 5) is 11.9. The van der Waals surface area contributed by atoms with Crippen molar-refractivity contribution in [3.63, 3.8) is 0 Å². The third kappa shape index (κ3) is 6.63. The van der Waals surface area contributed by atoms with Gasteiger partial charge in [-0.15, -0.1) is 10.2 Å². The summed E-state index contributed by atoms with van der Waals surface area (Å²) in [5.41, 5.74) is 5.73. The van der Waals surface area contributed by atoms with Crippen LogP contribution in [-0.2, 0) is 10.5 Å². The van der Waals surface area contributed by atoms with Crippen LogP contribution < -0.4 is 5.43 Å². The Kier molecular flexibility index (Phi) is 7.90. The van der Waals surface area contributed by atoms with Crippen LogP contribution in [0, 0.1) is 6.92 Å². The lowest BCUT2D eigenvalue weighted by Crippen LogP contribution is -2.19. The van der Waals surface area contributed by atoms with Crippen molar-refractivity contribution >= 4 is 58.6 Å². The van der Waals surface area contributed by atoms with Crippen molar-refractivity contribution in [3.05, 3.63) is 70.2 Å². The molecule has 0 aliphatic carbocycles. The van der Waals surface area contributed by atoms with Gasteiger partial charge in [-0.3, -0.25) is 4.79 Å². The molecule has 0 radical (unpaired) electrons. The number of hydrogen-bond acceptors (Lipinski definition) is 7. The van der Waals surface area contributed by atoms with Crippen LogP contribution >= 0.6 is 46.5 Å². The molecule has 0 saturated heterocycles. The maximum absolute atomic E-state index is 11.9. The summed E-state index contributed by atoms with van der Waals surface area (Å²) in [5, 5.41) is 12.8. The molecule has 0 aliphatic rings. The van der Waals surface area contributed by atoms with Crippen molar-refractivity contribution in [1.82, 2.24) is 15.6 Å². The normalized spacial score (nSPS) is 11.1. The van der Waals surface area contributed by atoms with Gasteiger partial charge in [0.2, 0.25) is 0 Å². The maximum atomic E-state index is 11.9. The number of thioether (sulfide) groups is 2. The highest BCUT2D eigenvalue weighted by molar-refractivity contribution is 8.03. The Bertz CT molecular complexity index is 960. The van der Waals surface area contributed by atoms with Crippen LogP contribution in [0.1, 0.15) is 16.7 Å². The molecule has 3 rings (SSSR count). The third-order valence-corrected chi connectivity index (χ3v) is 7.10. The molecule has 2 aromatic carbocycles. The second-order valence-electron chi connectivity index (χ2n) is 5.71. The first-order chi connectivity index (χ1) is 13.6. The number of benzene rings is 2. The first kappa shape index (κ1) is 20.9. The predicted octanol–water partition coefficient (Wildman–Crippen LogP) is 5.03. The quantitative estimate of drug-likeness (QED) is 0.297. The molecule has 0 fully saturated rings. The topological polar surface area (TPSA) is 67.2 Å². The average molecular weight is 449 g/mol. The summed E-state index contributed by atoms with van der Waals surface area (Å²) in [6.07, 6.45) is 1.52. The number of hydrogen-bond donors (Lipinski definition) is 1. The fourth-order valence-corrected chi connectivity index (χ4v) is 5.01. The largest absolute Gasteiger partial charge is 0.272 e. The zero-order valence-electron chi connectivity index (χ0n) is 15.0. The average Bonchev–Trinajstić information content (AvgIpc) is 3.15. The SMILES string of the molecule is Cc1ccc(CSc2nnc(SCC(=O)N/N=C/c3ccccc3Cl)s2)cc1. The number of nitrogens with one attached hydrogen (secondary N) is 1. The number of rotatable bonds is 8. The Morgan fingerprint density at radius 2 is 1.86 bits per heavy atom. The Balaban J connectivity index is 1.41. The van der Waals surface area contributed by atoms with Crippen molar-refractivity contribution in [2.45, 2.75) is 21.4 Å². The van der Waals surface area contributed by atoms with Crippen molar-refractivity contribution in [2.75, 3.05) is 5.75 Å². The van der Waals surface area contributed by atoms with Crippen LogP contribution in [-0.4, -0.2) is 28.1 Å². The Morgan fingerprint density at radius 1 is 1.14 bits per heavy atom. The molecule has 144 valence electrons. The van der Waals surface area contributed by atoms with Gasteiger partial charge in [0.25, 0.3) is 5.91 Å². The van der Waals surface area contributed by atoms with Crippen LogP contribution in [0.25, 0.3) is 0 Å². The van der Waals surface area contributed by atoms with E-state index in [9.17, 15) is 4.79 Å². The molecule has 1 aromatic heterocycles. The third-order valence-electron chi connectivity index (χ3n) is 3.50. The van der Waals surface area contributed by atoms with Gasteiger partial charge in [-0.05, 0) is 18.6 Å². The van der Waals surface area contributed by atoms with E-state index in [-0.39, 0.29) is 11.7 Å². The van der Waals surface area contributed by atoms with Crippen molar-refractivity contribution < 1.29 is 4.79 Å². The Labute approximate surface area is 181 Å². The predicted molar refractivity (Wildman–Crippen MR) is 119 cm³/mol. The molecule has 28 heavy (non-hydrogen) atoms. The molecular weight excluding hydrogens is 432 g/mol. The maximum Gasteiger partial charge on any atom is 0.250 e. The lowest BCUT2D eigenvalue weighted by Gasteiger charge is -1.99. The number of hydrazone groups is 1. The molecule has 1 amide bonds. The zero-order valence-corrected chi connectivity index (χ0v) is 18.2. The van der Waals surface area contributed by atoms with Gasteiger partial charge in [-0.2, -0.15) is 5.10 Å². The van der Waals surface area contributed by atoms with Crippen LogP contribution in [0.3, 0.4) is 0 Å². The fourth-order valence-electron chi connectivity index (χ4n) is 2.06. The molecule has 0 saturated carbocycles.